The fraction of sp³-hybridized carbons (Fsp3) is 0.364. The summed E-state index contributed by atoms with van der Waals surface area (Å²) in [6.07, 6.45) is 2.14. The van der Waals surface area contributed by atoms with Crippen LogP contribution >= 0.6 is 0 Å². The average molecular weight is 381 g/mol. The van der Waals surface area contributed by atoms with Crippen LogP contribution in [0.3, 0.4) is 0 Å². The number of nitrogens with zero attached hydrogens (tertiary/aromatic N) is 1. The van der Waals surface area contributed by atoms with Crippen molar-refractivity contribution in [3.63, 3.8) is 0 Å². The van der Waals surface area contributed by atoms with Crippen molar-refractivity contribution < 1.29 is 14.3 Å². The lowest BCUT2D eigenvalue weighted by Gasteiger charge is -2.31. The molecule has 1 saturated heterocycles. The summed E-state index contributed by atoms with van der Waals surface area (Å²) in [5, 5.41) is 5.92. The van der Waals surface area contributed by atoms with Crippen LogP contribution in [-0.4, -0.2) is 43.6 Å². The number of hydrogen-bond donors (Lipinski definition) is 2. The molecule has 3 amide bonds. The van der Waals surface area contributed by atoms with Gasteiger partial charge in [0.1, 0.15) is 5.75 Å². The van der Waals surface area contributed by atoms with Crippen molar-refractivity contribution in [2.75, 3.05) is 32.1 Å². The van der Waals surface area contributed by atoms with Crippen LogP contribution < -0.4 is 15.4 Å². The van der Waals surface area contributed by atoms with Gasteiger partial charge in [-0.2, -0.15) is 0 Å². The summed E-state index contributed by atoms with van der Waals surface area (Å²) in [5.41, 5.74) is 1.96. The number of methoxy groups -OCH3 is 1. The molecule has 2 aromatic rings. The summed E-state index contributed by atoms with van der Waals surface area (Å²) in [5.74, 6) is 0.807. The minimum atomic E-state index is -0.0598. The molecule has 1 aliphatic rings. The average Bonchev–Trinajstić information content (AvgIpc) is 2.75. The lowest BCUT2D eigenvalue weighted by Crippen LogP contribution is -2.46. The van der Waals surface area contributed by atoms with Gasteiger partial charge in [-0.05, 0) is 49.1 Å². The van der Waals surface area contributed by atoms with Gasteiger partial charge in [0.2, 0.25) is 5.91 Å². The molecule has 148 valence electrons. The van der Waals surface area contributed by atoms with Gasteiger partial charge in [-0.3, -0.25) is 4.79 Å². The second-order valence-corrected chi connectivity index (χ2v) is 6.95. The second-order valence-electron chi connectivity index (χ2n) is 6.95. The Hall–Kier alpha value is -3.02. The molecule has 6 heteroatoms. The van der Waals surface area contributed by atoms with E-state index in [1.807, 2.05) is 54.6 Å². The van der Waals surface area contributed by atoms with Crippen LogP contribution in [0.5, 0.6) is 5.75 Å². The minimum Gasteiger partial charge on any atom is -0.497 e. The summed E-state index contributed by atoms with van der Waals surface area (Å²) >= 11 is 0. The summed E-state index contributed by atoms with van der Waals surface area (Å²) in [7, 11) is 1.64. The quantitative estimate of drug-likeness (QED) is 0.807. The van der Waals surface area contributed by atoms with Crippen molar-refractivity contribution in [3.05, 3.63) is 60.2 Å². The largest absolute Gasteiger partial charge is 0.497 e. The predicted molar refractivity (Wildman–Crippen MR) is 109 cm³/mol. The molecule has 3 rings (SSSR count). The number of carbonyl (C=O) groups excluding carboxylic acids is 2. The highest BCUT2D eigenvalue weighted by Gasteiger charge is 2.27. The van der Waals surface area contributed by atoms with Gasteiger partial charge < -0.3 is 20.3 Å². The normalized spacial score (nSPS) is 14.4. The van der Waals surface area contributed by atoms with Crippen molar-refractivity contribution in [2.24, 2.45) is 5.92 Å². The van der Waals surface area contributed by atoms with Crippen molar-refractivity contribution in [1.82, 2.24) is 10.2 Å². The lowest BCUT2D eigenvalue weighted by atomic mass is 9.96. The molecule has 1 aliphatic heterocycles. The molecule has 1 fully saturated rings. The van der Waals surface area contributed by atoms with Gasteiger partial charge in [0.25, 0.3) is 0 Å². The summed E-state index contributed by atoms with van der Waals surface area (Å²) < 4.78 is 5.14. The Morgan fingerprint density at radius 3 is 2.36 bits per heavy atom. The summed E-state index contributed by atoms with van der Waals surface area (Å²) in [6.45, 7) is 1.78. The lowest BCUT2D eigenvalue weighted by molar-refractivity contribution is -0.121. The van der Waals surface area contributed by atoms with Gasteiger partial charge in [-0.1, -0.05) is 30.3 Å². The number of amides is 3. The van der Waals surface area contributed by atoms with E-state index < -0.39 is 0 Å². The van der Waals surface area contributed by atoms with Crippen LogP contribution in [0.15, 0.2) is 54.6 Å². The number of anilines is 1. The molecule has 6 nitrogen and oxygen atoms in total. The number of rotatable bonds is 6. The fourth-order valence-electron chi connectivity index (χ4n) is 3.33. The van der Waals surface area contributed by atoms with Crippen LogP contribution in [0.1, 0.15) is 18.4 Å². The molecule has 2 aromatic carbocycles. The molecule has 0 saturated carbocycles. The zero-order chi connectivity index (χ0) is 19.8. The van der Waals surface area contributed by atoms with E-state index in [-0.39, 0.29) is 17.9 Å². The maximum atomic E-state index is 12.4. The monoisotopic (exact) mass is 381 g/mol. The molecule has 0 atom stereocenters. The molecule has 0 aromatic heterocycles. The fourth-order valence-corrected chi connectivity index (χ4v) is 3.33. The van der Waals surface area contributed by atoms with E-state index in [9.17, 15) is 9.59 Å². The molecule has 1 heterocycles. The van der Waals surface area contributed by atoms with Crippen LogP contribution in [0, 0.1) is 5.92 Å². The number of ether oxygens (including phenoxy) is 1. The number of hydrogen-bond acceptors (Lipinski definition) is 3. The summed E-state index contributed by atoms with van der Waals surface area (Å²) in [4.78, 5) is 26.5. The van der Waals surface area contributed by atoms with E-state index in [0.717, 1.165) is 23.4 Å². The van der Waals surface area contributed by atoms with Gasteiger partial charge in [0.05, 0.1) is 7.11 Å². The van der Waals surface area contributed by atoms with E-state index in [4.69, 9.17) is 4.74 Å². The molecule has 0 aliphatic carbocycles. The Kier molecular flexibility index (Phi) is 6.89. The highest BCUT2D eigenvalue weighted by atomic mass is 16.5. The number of piperidine rings is 1. The Morgan fingerprint density at radius 1 is 1.04 bits per heavy atom. The smallest absolute Gasteiger partial charge is 0.317 e. The van der Waals surface area contributed by atoms with Crippen LogP contribution in [0.2, 0.25) is 0 Å². The Labute approximate surface area is 165 Å². The van der Waals surface area contributed by atoms with E-state index in [0.29, 0.717) is 32.5 Å². The first kappa shape index (κ1) is 19.7. The van der Waals surface area contributed by atoms with Crippen LogP contribution in [0.25, 0.3) is 0 Å². The van der Waals surface area contributed by atoms with Crippen molar-refractivity contribution in [2.45, 2.75) is 19.3 Å². The van der Waals surface area contributed by atoms with Gasteiger partial charge >= 0.3 is 6.03 Å². The third-order valence-corrected chi connectivity index (χ3v) is 5.04. The molecular formula is C22H27N3O3. The van der Waals surface area contributed by atoms with Crippen LogP contribution in [0.4, 0.5) is 10.5 Å². The third kappa shape index (κ3) is 5.49. The van der Waals surface area contributed by atoms with E-state index in [2.05, 4.69) is 10.6 Å². The molecule has 0 unspecified atom stereocenters. The predicted octanol–water partition coefficient (Wildman–Crippen LogP) is 3.30. The van der Waals surface area contributed by atoms with Gasteiger partial charge in [-0.25, -0.2) is 4.79 Å². The molecule has 0 spiro atoms. The Bertz CT molecular complexity index is 769. The first-order valence-electron chi connectivity index (χ1n) is 9.67. The van der Waals surface area contributed by atoms with Crippen LogP contribution in [-0.2, 0) is 11.2 Å². The van der Waals surface area contributed by atoms with Gasteiger partial charge in [0.15, 0.2) is 0 Å². The van der Waals surface area contributed by atoms with Crippen molar-refractivity contribution in [3.8, 4) is 5.75 Å². The maximum absolute atomic E-state index is 12.4. The highest BCUT2D eigenvalue weighted by molar-refractivity contribution is 5.92. The number of urea groups is 1. The molecular weight excluding hydrogens is 354 g/mol. The van der Waals surface area contributed by atoms with E-state index in [1.165, 1.54) is 0 Å². The molecule has 0 bridgehead atoms. The number of benzene rings is 2. The standard InChI is InChI=1S/C22H27N3O3/c1-28-20-9-7-17(8-10-20)11-14-23-22(27)25-15-12-18(13-16-25)21(26)24-19-5-3-2-4-6-19/h2-10,18H,11-16H2,1H3,(H,23,27)(H,24,26). The number of likely N-dealkylation sites (tertiary alicyclic amines) is 1. The third-order valence-electron chi connectivity index (χ3n) is 5.04. The second kappa shape index (κ2) is 9.78. The SMILES string of the molecule is COc1ccc(CCNC(=O)N2CCC(C(=O)Nc3ccccc3)CC2)cc1. The Morgan fingerprint density at radius 2 is 1.71 bits per heavy atom. The molecule has 0 radical (unpaired) electrons. The van der Waals surface area contributed by atoms with Crippen molar-refractivity contribution in [1.29, 1.82) is 0 Å². The van der Waals surface area contributed by atoms with E-state index in [1.54, 1.807) is 12.0 Å². The van der Waals surface area contributed by atoms with Crippen molar-refractivity contribution >= 4 is 17.6 Å². The van der Waals surface area contributed by atoms with E-state index >= 15 is 0 Å². The zero-order valence-electron chi connectivity index (χ0n) is 16.2. The number of carbonyl (C=O) groups is 2. The van der Waals surface area contributed by atoms with Gasteiger partial charge in [0, 0.05) is 31.2 Å². The van der Waals surface area contributed by atoms with Gasteiger partial charge in [-0.15, -0.1) is 0 Å². The zero-order valence-corrected chi connectivity index (χ0v) is 16.2. The molecule has 2 N–H and O–H groups in total. The highest BCUT2D eigenvalue weighted by Crippen LogP contribution is 2.19. The topological polar surface area (TPSA) is 70.7 Å². The Balaban J connectivity index is 1.37. The maximum Gasteiger partial charge on any atom is 0.317 e. The number of para-hydroxylation sites is 1. The first-order valence-corrected chi connectivity index (χ1v) is 9.67. The minimum absolute atomic E-state index is 0.0331. The first-order chi connectivity index (χ1) is 13.7. The summed E-state index contributed by atoms with van der Waals surface area (Å²) in [6, 6.07) is 17.3. The number of nitrogens with one attached hydrogen (secondary N) is 2. The molecule has 28 heavy (non-hydrogen) atoms.